The summed E-state index contributed by atoms with van der Waals surface area (Å²) in [5.41, 5.74) is 4.20. The molecule has 0 atom stereocenters. The Kier molecular flexibility index (Phi) is 2.79. The summed E-state index contributed by atoms with van der Waals surface area (Å²) in [5.74, 6) is 0.984. The van der Waals surface area contributed by atoms with Crippen LogP contribution in [0.15, 0.2) is 78.9 Å². The zero-order chi connectivity index (χ0) is 15.9. The van der Waals surface area contributed by atoms with Crippen LogP contribution in [0.5, 0.6) is 0 Å². The second kappa shape index (κ2) is 5.10. The summed E-state index contributed by atoms with van der Waals surface area (Å²) in [7, 11) is 0. The van der Waals surface area contributed by atoms with Crippen LogP contribution in [-0.2, 0) is 0 Å². The Bertz CT molecular complexity index is 1100. The topological polar surface area (TPSA) is 40.7 Å². The SMILES string of the molecule is c1ccc2[nH]c(Nc3c4ccccc4nc4ccccc34)cc2c1. The third kappa shape index (κ3) is 2.02. The first kappa shape index (κ1) is 13.1. The zero-order valence-electron chi connectivity index (χ0n) is 13.0. The second-order valence-corrected chi connectivity index (χ2v) is 5.92. The van der Waals surface area contributed by atoms with Crippen LogP contribution in [0.4, 0.5) is 11.5 Å². The molecule has 5 aromatic rings. The van der Waals surface area contributed by atoms with E-state index >= 15 is 0 Å². The predicted molar refractivity (Wildman–Crippen MR) is 101 cm³/mol. The van der Waals surface area contributed by atoms with Gasteiger partial charge in [-0.3, -0.25) is 0 Å². The van der Waals surface area contributed by atoms with E-state index in [1.807, 2.05) is 18.2 Å². The summed E-state index contributed by atoms with van der Waals surface area (Å²) < 4.78 is 0. The van der Waals surface area contributed by atoms with Crippen molar-refractivity contribution < 1.29 is 0 Å². The number of anilines is 2. The lowest BCUT2D eigenvalue weighted by Gasteiger charge is -2.12. The Hall–Kier alpha value is -3.33. The molecule has 0 radical (unpaired) electrons. The highest BCUT2D eigenvalue weighted by molar-refractivity contribution is 6.08. The smallest absolute Gasteiger partial charge is 0.108 e. The normalized spacial score (nSPS) is 11.3. The molecule has 3 aromatic carbocycles. The molecule has 3 nitrogen and oxygen atoms in total. The number of nitrogens with zero attached hydrogens (tertiary/aromatic N) is 1. The number of benzene rings is 3. The molecule has 114 valence electrons. The molecule has 2 aromatic heterocycles. The summed E-state index contributed by atoms with van der Waals surface area (Å²) >= 11 is 0. The standard InChI is InChI=1S/C21H15N3/c1-4-10-17-14(7-1)13-20(23-17)24-21-15-8-2-5-11-18(15)22-19-12-6-3-9-16(19)21/h1-13,23H,(H,22,24). The quantitative estimate of drug-likeness (QED) is 0.416. The Balaban J connectivity index is 1.76. The molecule has 0 spiro atoms. The van der Waals surface area contributed by atoms with Gasteiger partial charge in [-0.1, -0.05) is 54.6 Å². The number of para-hydroxylation sites is 3. The van der Waals surface area contributed by atoms with E-state index in [4.69, 9.17) is 4.98 Å². The van der Waals surface area contributed by atoms with Crippen LogP contribution in [0.25, 0.3) is 32.7 Å². The average Bonchev–Trinajstić information content (AvgIpc) is 3.04. The summed E-state index contributed by atoms with van der Waals surface area (Å²) in [6, 6.07) is 26.9. The lowest BCUT2D eigenvalue weighted by molar-refractivity contribution is 1.42. The number of aromatic nitrogens is 2. The predicted octanol–water partition coefficient (Wildman–Crippen LogP) is 5.61. The van der Waals surface area contributed by atoms with Gasteiger partial charge in [-0.15, -0.1) is 0 Å². The number of pyridine rings is 1. The van der Waals surface area contributed by atoms with Gasteiger partial charge in [-0.25, -0.2) is 4.98 Å². The molecule has 0 bridgehead atoms. The van der Waals surface area contributed by atoms with Crippen molar-refractivity contribution in [3.05, 3.63) is 78.9 Å². The maximum absolute atomic E-state index is 4.77. The third-order valence-corrected chi connectivity index (χ3v) is 4.38. The number of hydrogen-bond donors (Lipinski definition) is 2. The first-order valence-corrected chi connectivity index (χ1v) is 8.01. The van der Waals surface area contributed by atoms with Gasteiger partial charge in [0, 0.05) is 21.7 Å². The molecule has 5 rings (SSSR count). The summed E-state index contributed by atoms with van der Waals surface area (Å²) in [5, 5.41) is 7.02. The number of nitrogens with one attached hydrogen (secondary N) is 2. The number of aromatic amines is 1. The maximum Gasteiger partial charge on any atom is 0.108 e. The minimum atomic E-state index is 0.984. The first-order valence-electron chi connectivity index (χ1n) is 8.01. The van der Waals surface area contributed by atoms with Crippen LogP contribution in [0, 0.1) is 0 Å². The molecule has 0 amide bonds. The largest absolute Gasteiger partial charge is 0.341 e. The fourth-order valence-corrected chi connectivity index (χ4v) is 3.25. The number of H-pyrrole nitrogens is 1. The number of rotatable bonds is 2. The van der Waals surface area contributed by atoms with Crippen LogP contribution in [0.3, 0.4) is 0 Å². The Morgan fingerprint density at radius 3 is 2.04 bits per heavy atom. The second-order valence-electron chi connectivity index (χ2n) is 5.92. The molecule has 3 heteroatoms. The van der Waals surface area contributed by atoms with Gasteiger partial charge in [0.05, 0.1) is 16.7 Å². The van der Waals surface area contributed by atoms with E-state index in [1.54, 1.807) is 0 Å². The minimum absolute atomic E-state index is 0.984. The van der Waals surface area contributed by atoms with E-state index in [1.165, 1.54) is 5.39 Å². The molecular formula is C21H15N3. The molecule has 0 saturated carbocycles. The fraction of sp³-hybridized carbons (Fsp3) is 0. The molecule has 0 fully saturated rings. The van der Waals surface area contributed by atoms with Crippen molar-refractivity contribution >= 4 is 44.2 Å². The molecule has 0 unspecified atom stereocenters. The Labute approximate surface area is 139 Å². The van der Waals surface area contributed by atoms with Crippen molar-refractivity contribution in [1.82, 2.24) is 9.97 Å². The van der Waals surface area contributed by atoms with Crippen molar-refractivity contribution in [2.24, 2.45) is 0 Å². The minimum Gasteiger partial charge on any atom is -0.341 e. The molecule has 0 aliphatic heterocycles. The van der Waals surface area contributed by atoms with Gasteiger partial charge < -0.3 is 10.3 Å². The molecule has 0 aliphatic rings. The highest BCUT2D eigenvalue weighted by Gasteiger charge is 2.10. The summed E-state index contributed by atoms with van der Waals surface area (Å²) in [4.78, 5) is 8.21. The van der Waals surface area contributed by atoms with E-state index in [2.05, 4.69) is 71.0 Å². The van der Waals surface area contributed by atoms with Crippen molar-refractivity contribution in [3.8, 4) is 0 Å². The van der Waals surface area contributed by atoms with E-state index in [0.29, 0.717) is 0 Å². The average molecular weight is 309 g/mol. The van der Waals surface area contributed by atoms with Gasteiger partial charge in [0.25, 0.3) is 0 Å². The Morgan fingerprint density at radius 1 is 0.708 bits per heavy atom. The molecule has 2 heterocycles. The number of fused-ring (bicyclic) bond motifs is 3. The van der Waals surface area contributed by atoms with Gasteiger partial charge in [0.15, 0.2) is 0 Å². The van der Waals surface area contributed by atoms with Crippen LogP contribution in [0.2, 0.25) is 0 Å². The van der Waals surface area contributed by atoms with Gasteiger partial charge >= 0.3 is 0 Å². The van der Waals surface area contributed by atoms with E-state index in [9.17, 15) is 0 Å². The number of hydrogen-bond acceptors (Lipinski definition) is 2. The lowest BCUT2D eigenvalue weighted by Crippen LogP contribution is -1.95. The fourth-order valence-electron chi connectivity index (χ4n) is 3.25. The highest BCUT2D eigenvalue weighted by Crippen LogP contribution is 2.33. The van der Waals surface area contributed by atoms with Gasteiger partial charge in [0.1, 0.15) is 5.82 Å². The van der Waals surface area contributed by atoms with E-state index in [0.717, 1.165) is 38.8 Å². The summed E-state index contributed by atoms with van der Waals surface area (Å²) in [6.07, 6.45) is 0. The van der Waals surface area contributed by atoms with Crippen LogP contribution in [-0.4, -0.2) is 9.97 Å². The monoisotopic (exact) mass is 309 g/mol. The van der Waals surface area contributed by atoms with Crippen LogP contribution >= 0.6 is 0 Å². The Morgan fingerprint density at radius 2 is 1.33 bits per heavy atom. The molecule has 2 N–H and O–H groups in total. The third-order valence-electron chi connectivity index (χ3n) is 4.38. The summed E-state index contributed by atoms with van der Waals surface area (Å²) in [6.45, 7) is 0. The first-order chi connectivity index (χ1) is 11.9. The van der Waals surface area contributed by atoms with Crippen molar-refractivity contribution in [2.75, 3.05) is 5.32 Å². The zero-order valence-corrected chi connectivity index (χ0v) is 13.0. The lowest BCUT2D eigenvalue weighted by atomic mass is 10.1. The maximum atomic E-state index is 4.77. The van der Waals surface area contributed by atoms with Crippen molar-refractivity contribution in [3.63, 3.8) is 0 Å². The van der Waals surface area contributed by atoms with Gasteiger partial charge in [-0.2, -0.15) is 0 Å². The van der Waals surface area contributed by atoms with E-state index < -0.39 is 0 Å². The molecular weight excluding hydrogens is 294 g/mol. The highest BCUT2D eigenvalue weighted by atomic mass is 15.0. The van der Waals surface area contributed by atoms with Crippen molar-refractivity contribution in [1.29, 1.82) is 0 Å². The van der Waals surface area contributed by atoms with Gasteiger partial charge in [0.2, 0.25) is 0 Å². The molecule has 0 aliphatic carbocycles. The molecule has 24 heavy (non-hydrogen) atoms. The van der Waals surface area contributed by atoms with Crippen LogP contribution < -0.4 is 5.32 Å². The van der Waals surface area contributed by atoms with Gasteiger partial charge in [-0.05, 0) is 24.3 Å². The van der Waals surface area contributed by atoms with Crippen LogP contribution in [0.1, 0.15) is 0 Å². The molecule has 0 saturated heterocycles. The van der Waals surface area contributed by atoms with E-state index in [-0.39, 0.29) is 0 Å². The van der Waals surface area contributed by atoms with Crippen molar-refractivity contribution in [2.45, 2.75) is 0 Å².